The molecule has 0 unspecified atom stereocenters. The molecule has 20 heavy (non-hydrogen) atoms. The molecule has 2 rings (SSSR count). The molecule has 1 aliphatic carbocycles. The second kappa shape index (κ2) is 7.04. The summed E-state index contributed by atoms with van der Waals surface area (Å²) in [5, 5.41) is 9.94. The third-order valence-corrected chi connectivity index (χ3v) is 3.55. The number of allylic oxidation sites excluding steroid dienone is 2. The van der Waals surface area contributed by atoms with Crippen LogP contribution in [0.25, 0.3) is 0 Å². The SMILES string of the molecule is CCC(=NCCc1ccccc1)C1=C(O)CCCC1=O. The Morgan fingerprint density at radius 3 is 2.65 bits per heavy atom. The minimum absolute atomic E-state index is 0.0362. The van der Waals surface area contributed by atoms with Gasteiger partial charge in [0.05, 0.1) is 5.57 Å². The van der Waals surface area contributed by atoms with E-state index in [-0.39, 0.29) is 11.5 Å². The Morgan fingerprint density at radius 1 is 1.25 bits per heavy atom. The highest BCUT2D eigenvalue weighted by atomic mass is 16.3. The molecule has 1 aromatic carbocycles. The highest BCUT2D eigenvalue weighted by molar-refractivity contribution is 6.23. The number of ketones is 1. The molecule has 0 saturated carbocycles. The molecule has 1 aliphatic rings. The standard InChI is InChI=1S/C17H21NO2/c1-2-14(17-15(19)9-6-10-16(17)20)18-12-11-13-7-4-3-5-8-13/h3-5,7-8,19H,2,6,9-12H2,1H3. The smallest absolute Gasteiger partial charge is 0.168 e. The lowest BCUT2D eigenvalue weighted by molar-refractivity contribution is -0.115. The third-order valence-electron chi connectivity index (χ3n) is 3.55. The molecule has 0 aromatic heterocycles. The maximum Gasteiger partial charge on any atom is 0.168 e. The molecule has 0 fully saturated rings. The normalized spacial score (nSPS) is 16.6. The largest absolute Gasteiger partial charge is 0.511 e. The molecule has 0 bridgehead atoms. The van der Waals surface area contributed by atoms with Crippen LogP contribution < -0.4 is 0 Å². The summed E-state index contributed by atoms with van der Waals surface area (Å²) in [5.41, 5.74) is 2.47. The predicted molar refractivity (Wildman–Crippen MR) is 81.3 cm³/mol. The van der Waals surface area contributed by atoms with Gasteiger partial charge in [0, 0.05) is 25.1 Å². The highest BCUT2D eigenvalue weighted by Gasteiger charge is 2.23. The number of aliphatic hydroxyl groups excluding tert-OH is 1. The first kappa shape index (κ1) is 14.5. The molecule has 0 radical (unpaired) electrons. The van der Waals surface area contributed by atoms with E-state index >= 15 is 0 Å². The topological polar surface area (TPSA) is 49.7 Å². The number of Topliss-reactive ketones (excluding diaryl/α,β-unsaturated/α-hetero) is 1. The summed E-state index contributed by atoms with van der Waals surface area (Å²) >= 11 is 0. The molecular formula is C17H21NO2. The van der Waals surface area contributed by atoms with E-state index in [2.05, 4.69) is 17.1 Å². The number of aliphatic imine (C=N–C) groups is 1. The Kier molecular flexibility index (Phi) is 5.10. The van der Waals surface area contributed by atoms with Gasteiger partial charge in [-0.15, -0.1) is 0 Å². The second-order valence-electron chi connectivity index (χ2n) is 5.02. The van der Waals surface area contributed by atoms with E-state index in [1.807, 2.05) is 25.1 Å². The Balaban J connectivity index is 2.08. The first-order valence-electron chi connectivity index (χ1n) is 7.25. The average molecular weight is 271 g/mol. The van der Waals surface area contributed by atoms with Gasteiger partial charge in [0.25, 0.3) is 0 Å². The molecule has 0 atom stereocenters. The van der Waals surface area contributed by atoms with Crippen LogP contribution in [0.2, 0.25) is 0 Å². The molecule has 106 valence electrons. The van der Waals surface area contributed by atoms with Crippen LogP contribution in [0.5, 0.6) is 0 Å². The van der Waals surface area contributed by atoms with Gasteiger partial charge in [-0.05, 0) is 24.8 Å². The number of carbonyl (C=O) groups is 1. The van der Waals surface area contributed by atoms with Crippen molar-refractivity contribution in [3.8, 4) is 0 Å². The summed E-state index contributed by atoms with van der Waals surface area (Å²) in [7, 11) is 0. The maximum atomic E-state index is 11.9. The monoisotopic (exact) mass is 271 g/mol. The van der Waals surface area contributed by atoms with Crippen LogP contribution in [0, 0.1) is 0 Å². The maximum absolute atomic E-state index is 11.9. The zero-order chi connectivity index (χ0) is 14.4. The summed E-state index contributed by atoms with van der Waals surface area (Å²) in [6.45, 7) is 2.63. The Bertz CT molecular complexity index is 529. The van der Waals surface area contributed by atoms with Gasteiger partial charge in [-0.2, -0.15) is 0 Å². The molecule has 0 saturated heterocycles. The number of aliphatic hydroxyl groups is 1. The van der Waals surface area contributed by atoms with E-state index < -0.39 is 0 Å². The number of carbonyl (C=O) groups excluding carboxylic acids is 1. The van der Waals surface area contributed by atoms with Gasteiger partial charge >= 0.3 is 0 Å². The molecule has 1 aromatic rings. The first-order chi connectivity index (χ1) is 9.72. The van der Waals surface area contributed by atoms with Crippen LogP contribution in [-0.2, 0) is 11.2 Å². The Labute approximate surface area is 120 Å². The molecule has 3 nitrogen and oxygen atoms in total. The van der Waals surface area contributed by atoms with Crippen molar-refractivity contribution < 1.29 is 9.90 Å². The quantitative estimate of drug-likeness (QED) is 0.831. The minimum atomic E-state index is 0.0362. The molecule has 3 heteroatoms. The molecular weight excluding hydrogens is 250 g/mol. The van der Waals surface area contributed by atoms with Gasteiger partial charge in [0.2, 0.25) is 0 Å². The molecule has 0 amide bonds. The van der Waals surface area contributed by atoms with E-state index in [1.54, 1.807) is 0 Å². The van der Waals surface area contributed by atoms with Crippen LogP contribution in [0.3, 0.4) is 0 Å². The van der Waals surface area contributed by atoms with Crippen molar-refractivity contribution in [1.29, 1.82) is 0 Å². The van der Waals surface area contributed by atoms with E-state index in [1.165, 1.54) is 5.56 Å². The lowest BCUT2D eigenvalue weighted by Crippen LogP contribution is -2.19. The summed E-state index contributed by atoms with van der Waals surface area (Å²) in [6.07, 6.45) is 3.40. The lowest BCUT2D eigenvalue weighted by Gasteiger charge is -2.16. The van der Waals surface area contributed by atoms with Gasteiger partial charge in [0.1, 0.15) is 5.76 Å². The third kappa shape index (κ3) is 3.56. The van der Waals surface area contributed by atoms with E-state index in [0.29, 0.717) is 31.4 Å². The van der Waals surface area contributed by atoms with Crippen LogP contribution in [0.1, 0.15) is 38.2 Å². The Hall–Kier alpha value is -1.90. The van der Waals surface area contributed by atoms with Crippen molar-refractivity contribution in [3.63, 3.8) is 0 Å². The number of nitrogens with zero attached hydrogens (tertiary/aromatic N) is 1. The fraction of sp³-hybridized carbons (Fsp3) is 0.412. The summed E-state index contributed by atoms with van der Waals surface area (Å²) in [4.78, 5) is 16.5. The minimum Gasteiger partial charge on any atom is -0.511 e. The average Bonchev–Trinajstić information content (AvgIpc) is 2.46. The zero-order valence-electron chi connectivity index (χ0n) is 11.9. The van der Waals surface area contributed by atoms with Gasteiger partial charge in [-0.1, -0.05) is 37.3 Å². The highest BCUT2D eigenvalue weighted by Crippen LogP contribution is 2.22. The molecule has 1 N–H and O–H groups in total. The van der Waals surface area contributed by atoms with E-state index in [4.69, 9.17) is 0 Å². The van der Waals surface area contributed by atoms with Crippen molar-refractivity contribution in [2.24, 2.45) is 4.99 Å². The van der Waals surface area contributed by atoms with Gasteiger partial charge in [-0.3, -0.25) is 9.79 Å². The van der Waals surface area contributed by atoms with Gasteiger partial charge in [-0.25, -0.2) is 0 Å². The summed E-state index contributed by atoms with van der Waals surface area (Å²) < 4.78 is 0. The van der Waals surface area contributed by atoms with Crippen molar-refractivity contribution >= 4 is 11.5 Å². The fourth-order valence-electron chi connectivity index (χ4n) is 2.49. The fourth-order valence-corrected chi connectivity index (χ4v) is 2.49. The zero-order valence-corrected chi connectivity index (χ0v) is 11.9. The summed E-state index contributed by atoms with van der Waals surface area (Å²) in [5.74, 6) is 0.260. The van der Waals surface area contributed by atoms with Crippen molar-refractivity contribution in [3.05, 3.63) is 47.2 Å². The van der Waals surface area contributed by atoms with Crippen molar-refractivity contribution in [2.75, 3.05) is 6.54 Å². The van der Waals surface area contributed by atoms with E-state index in [9.17, 15) is 9.90 Å². The number of hydrogen-bond acceptors (Lipinski definition) is 3. The Morgan fingerprint density at radius 2 is 2.00 bits per heavy atom. The van der Waals surface area contributed by atoms with Crippen LogP contribution in [-0.4, -0.2) is 23.1 Å². The van der Waals surface area contributed by atoms with Crippen LogP contribution in [0.15, 0.2) is 46.7 Å². The lowest BCUT2D eigenvalue weighted by atomic mass is 9.92. The van der Waals surface area contributed by atoms with Crippen LogP contribution in [0.4, 0.5) is 0 Å². The van der Waals surface area contributed by atoms with Crippen molar-refractivity contribution in [2.45, 2.75) is 39.0 Å². The number of benzene rings is 1. The predicted octanol–water partition coefficient (Wildman–Crippen LogP) is 3.65. The van der Waals surface area contributed by atoms with E-state index in [0.717, 1.165) is 18.6 Å². The molecule has 0 heterocycles. The summed E-state index contributed by atoms with van der Waals surface area (Å²) in [6, 6.07) is 10.2. The van der Waals surface area contributed by atoms with Crippen molar-refractivity contribution in [1.82, 2.24) is 0 Å². The number of hydrogen-bond donors (Lipinski definition) is 1. The number of rotatable bonds is 5. The second-order valence-corrected chi connectivity index (χ2v) is 5.02. The van der Waals surface area contributed by atoms with Crippen LogP contribution >= 0.6 is 0 Å². The molecule has 0 spiro atoms. The van der Waals surface area contributed by atoms with Gasteiger partial charge in [0.15, 0.2) is 5.78 Å². The van der Waals surface area contributed by atoms with Gasteiger partial charge < -0.3 is 5.11 Å². The molecule has 0 aliphatic heterocycles. The first-order valence-corrected chi connectivity index (χ1v) is 7.25.